The minimum Gasteiger partial charge on any atom is -0.460 e. The van der Waals surface area contributed by atoms with Gasteiger partial charge < -0.3 is 15.2 Å². The number of aliphatic hydroxyl groups excluding tert-OH is 1. The first-order chi connectivity index (χ1) is 9.61. The smallest absolute Gasteiger partial charge is 0.318 e. The van der Waals surface area contributed by atoms with E-state index in [1.807, 2.05) is 0 Å². The van der Waals surface area contributed by atoms with E-state index in [-0.39, 0.29) is 12.1 Å². The fourth-order valence-electron chi connectivity index (χ4n) is 2.47. The molecule has 0 amide bonds. The minimum absolute atomic E-state index is 0.232. The van der Waals surface area contributed by atoms with Crippen LogP contribution in [0.2, 0.25) is 0 Å². The minimum atomic E-state index is -0.232. The summed E-state index contributed by atoms with van der Waals surface area (Å²) in [6, 6.07) is 0.684. The SMILES string of the molecule is C[C@@H]1CC[C@@H](Nc2nc(OC3CC3)ncc2Br)C[C@H]1O. The van der Waals surface area contributed by atoms with Gasteiger partial charge in [0.15, 0.2) is 0 Å². The lowest BCUT2D eigenvalue weighted by molar-refractivity contribution is 0.0739. The van der Waals surface area contributed by atoms with Crippen LogP contribution in [0.25, 0.3) is 0 Å². The van der Waals surface area contributed by atoms with Gasteiger partial charge in [-0.15, -0.1) is 0 Å². The van der Waals surface area contributed by atoms with Gasteiger partial charge in [-0.2, -0.15) is 4.98 Å². The van der Waals surface area contributed by atoms with Crippen LogP contribution in [0, 0.1) is 5.92 Å². The summed E-state index contributed by atoms with van der Waals surface area (Å²) < 4.78 is 6.44. The molecule has 2 aliphatic rings. The Hall–Kier alpha value is -0.880. The molecule has 0 aromatic carbocycles. The van der Waals surface area contributed by atoms with Crippen LogP contribution in [0.15, 0.2) is 10.7 Å². The second kappa shape index (κ2) is 5.85. The average Bonchev–Trinajstić information content (AvgIpc) is 3.22. The molecule has 3 rings (SSSR count). The van der Waals surface area contributed by atoms with E-state index in [0.29, 0.717) is 18.0 Å². The largest absolute Gasteiger partial charge is 0.460 e. The topological polar surface area (TPSA) is 67.3 Å². The molecule has 20 heavy (non-hydrogen) atoms. The maximum absolute atomic E-state index is 9.97. The molecule has 0 radical (unpaired) electrons. The third-order valence-electron chi connectivity index (χ3n) is 4.01. The summed E-state index contributed by atoms with van der Waals surface area (Å²) in [6.45, 7) is 2.10. The van der Waals surface area contributed by atoms with Gasteiger partial charge in [0.1, 0.15) is 11.9 Å². The van der Waals surface area contributed by atoms with Crippen molar-refractivity contribution in [3.8, 4) is 6.01 Å². The van der Waals surface area contributed by atoms with Gasteiger partial charge >= 0.3 is 6.01 Å². The molecular weight excluding hydrogens is 322 g/mol. The van der Waals surface area contributed by atoms with Crippen LogP contribution < -0.4 is 10.1 Å². The van der Waals surface area contributed by atoms with Crippen molar-refractivity contribution in [1.29, 1.82) is 0 Å². The zero-order chi connectivity index (χ0) is 14.1. The summed E-state index contributed by atoms with van der Waals surface area (Å²) >= 11 is 3.46. The van der Waals surface area contributed by atoms with E-state index in [9.17, 15) is 5.11 Å². The van der Waals surface area contributed by atoms with Crippen LogP contribution in [0.4, 0.5) is 5.82 Å². The molecule has 2 N–H and O–H groups in total. The summed E-state index contributed by atoms with van der Waals surface area (Å²) in [5.74, 6) is 1.14. The van der Waals surface area contributed by atoms with Crippen LogP contribution in [-0.4, -0.2) is 33.3 Å². The van der Waals surface area contributed by atoms with Crippen molar-refractivity contribution in [2.75, 3.05) is 5.32 Å². The summed E-state index contributed by atoms with van der Waals surface area (Å²) in [4.78, 5) is 8.59. The molecule has 2 aliphatic carbocycles. The maximum atomic E-state index is 9.97. The summed E-state index contributed by atoms with van der Waals surface area (Å²) in [7, 11) is 0. The normalized spacial score (nSPS) is 30.1. The Bertz CT molecular complexity index is 481. The molecule has 2 fully saturated rings. The molecule has 0 aliphatic heterocycles. The molecule has 1 aromatic rings. The highest BCUT2D eigenvalue weighted by molar-refractivity contribution is 9.10. The second-order valence-electron chi connectivity index (χ2n) is 5.87. The lowest BCUT2D eigenvalue weighted by Gasteiger charge is -2.31. The highest BCUT2D eigenvalue weighted by atomic mass is 79.9. The first-order valence-electron chi connectivity index (χ1n) is 7.25. The lowest BCUT2D eigenvalue weighted by Crippen LogP contribution is -2.35. The molecular formula is C14H20BrN3O2. The van der Waals surface area contributed by atoms with Crippen LogP contribution in [0.5, 0.6) is 6.01 Å². The van der Waals surface area contributed by atoms with Gasteiger partial charge in [-0.1, -0.05) is 6.92 Å². The Labute approximate surface area is 127 Å². The summed E-state index contributed by atoms with van der Waals surface area (Å²) in [5.41, 5.74) is 0. The predicted octanol–water partition coefficient (Wildman–Crippen LogP) is 2.74. The summed E-state index contributed by atoms with van der Waals surface area (Å²) in [6.07, 6.45) is 6.81. The number of anilines is 1. The van der Waals surface area contributed by atoms with E-state index >= 15 is 0 Å². The number of hydrogen-bond donors (Lipinski definition) is 2. The number of aromatic nitrogens is 2. The molecule has 1 heterocycles. The van der Waals surface area contributed by atoms with E-state index in [2.05, 4.69) is 38.1 Å². The van der Waals surface area contributed by atoms with Crippen molar-refractivity contribution >= 4 is 21.7 Å². The molecule has 0 bridgehead atoms. The van der Waals surface area contributed by atoms with Gasteiger partial charge in [-0.3, -0.25) is 0 Å². The average molecular weight is 342 g/mol. The fraction of sp³-hybridized carbons (Fsp3) is 0.714. The second-order valence-corrected chi connectivity index (χ2v) is 6.72. The van der Waals surface area contributed by atoms with E-state index in [1.54, 1.807) is 6.20 Å². The predicted molar refractivity (Wildman–Crippen MR) is 79.8 cm³/mol. The van der Waals surface area contributed by atoms with Gasteiger partial charge in [0, 0.05) is 6.04 Å². The molecule has 0 spiro atoms. The van der Waals surface area contributed by atoms with Crippen molar-refractivity contribution < 1.29 is 9.84 Å². The van der Waals surface area contributed by atoms with Crippen LogP contribution in [-0.2, 0) is 0 Å². The van der Waals surface area contributed by atoms with E-state index in [4.69, 9.17) is 4.74 Å². The van der Waals surface area contributed by atoms with Crippen molar-refractivity contribution in [2.24, 2.45) is 5.92 Å². The monoisotopic (exact) mass is 341 g/mol. The Morgan fingerprint density at radius 1 is 1.35 bits per heavy atom. The number of nitrogens with one attached hydrogen (secondary N) is 1. The highest BCUT2D eigenvalue weighted by Crippen LogP contribution is 2.30. The zero-order valence-corrected chi connectivity index (χ0v) is 13.1. The molecule has 6 heteroatoms. The Kier molecular flexibility index (Phi) is 4.12. The molecule has 1 aromatic heterocycles. The highest BCUT2D eigenvalue weighted by Gasteiger charge is 2.27. The van der Waals surface area contributed by atoms with Crippen molar-refractivity contribution in [2.45, 2.75) is 57.3 Å². The quantitative estimate of drug-likeness (QED) is 0.881. The molecule has 0 unspecified atom stereocenters. The van der Waals surface area contributed by atoms with Gasteiger partial charge in [-0.25, -0.2) is 4.98 Å². The molecule has 3 atom stereocenters. The van der Waals surface area contributed by atoms with Crippen LogP contribution in [0.1, 0.15) is 39.0 Å². The van der Waals surface area contributed by atoms with Gasteiger partial charge in [0.25, 0.3) is 0 Å². The van der Waals surface area contributed by atoms with Gasteiger partial charge in [0.05, 0.1) is 16.8 Å². The Balaban J connectivity index is 1.66. The first kappa shape index (κ1) is 14.1. The van der Waals surface area contributed by atoms with E-state index in [1.165, 1.54) is 0 Å². The first-order valence-corrected chi connectivity index (χ1v) is 8.05. The fourth-order valence-corrected chi connectivity index (χ4v) is 2.77. The van der Waals surface area contributed by atoms with E-state index < -0.39 is 0 Å². The number of hydrogen-bond acceptors (Lipinski definition) is 5. The van der Waals surface area contributed by atoms with Crippen molar-refractivity contribution in [1.82, 2.24) is 9.97 Å². The number of ether oxygens (including phenoxy) is 1. The number of aliphatic hydroxyl groups is 1. The zero-order valence-electron chi connectivity index (χ0n) is 11.6. The molecule has 110 valence electrons. The third kappa shape index (κ3) is 3.41. The maximum Gasteiger partial charge on any atom is 0.318 e. The molecule has 5 nitrogen and oxygen atoms in total. The lowest BCUT2D eigenvalue weighted by atomic mass is 9.85. The number of rotatable bonds is 4. The van der Waals surface area contributed by atoms with Crippen LogP contribution >= 0.6 is 15.9 Å². The van der Waals surface area contributed by atoms with Gasteiger partial charge in [-0.05, 0) is 54.0 Å². The number of nitrogens with zero attached hydrogens (tertiary/aromatic N) is 2. The third-order valence-corrected chi connectivity index (χ3v) is 4.59. The number of halogens is 1. The van der Waals surface area contributed by atoms with Crippen molar-refractivity contribution in [3.05, 3.63) is 10.7 Å². The Morgan fingerprint density at radius 3 is 2.85 bits per heavy atom. The molecule has 2 saturated carbocycles. The summed E-state index contributed by atoms with van der Waals surface area (Å²) in [5, 5.41) is 13.4. The molecule has 0 saturated heterocycles. The van der Waals surface area contributed by atoms with Crippen LogP contribution in [0.3, 0.4) is 0 Å². The van der Waals surface area contributed by atoms with E-state index in [0.717, 1.165) is 42.4 Å². The Morgan fingerprint density at radius 2 is 2.15 bits per heavy atom. The van der Waals surface area contributed by atoms with Crippen molar-refractivity contribution in [3.63, 3.8) is 0 Å². The van der Waals surface area contributed by atoms with Gasteiger partial charge in [0.2, 0.25) is 0 Å². The standard InChI is InChI=1S/C14H20BrN3O2/c1-8-2-3-9(6-12(8)19)17-13-11(15)7-16-14(18-13)20-10-4-5-10/h7-10,12,19H,2-6H2,1H3,(H,16,17,18)/t8-,9-,12-/m1/s1.